The molecular weight excluding hydrogens is 594 g/mol. The Kier molecular flexibility index (Phi) is 21.9. The summed E-state index contributed by atoms with van der Waals surface area (Å²) in [6, 6.07) is 0. The Hall–Kier alpha value is -2.63. The standard InChI is InChI=1S/C15H27NO.C14H27NO.C13H23NO/c1-5-8-13(11-12-9-6-7-10-12)14(17)16-15(2,3)4;1-8-9-11(10-13(2,3)4)12(16)15-14(5,6)7;1-7-8-11(9-10(2)3)12(15)14-13(4,5)6/h5,12-13H,1,6-11H2,2-4H3,(H,16,17);8,11H,1,9-10H2,2-7H3,(H,15,16);7,11H,1-2,8-9H2,3-6H3,(H,14,15). The quantitative estimate of drug-likeness (QED) is 0.161. The molecular formula is C42H77N3O3. The Morgan fingerprint density at radius 2 is 0.958 bits per heavy atom. The third kappa shape index (κ3) is 27.3. The lowest BCUT2D eigenvalue weighted by atomic mass is 9.82. The highest BCUT2D eigenvalue weighted by Crippen LogP contribution is 2.32. The number of allylic oxidation sites excluding steroid dienone is 4. The maximum atomic E-state index is 12.2. The summed E-state index contributed by atoms with van der Waals surface area (Å²) in [5.41, 5.74) is 0.737. The van der Waals surface area contributed by atoms with Crippen LogP contribution in [0.1, 0.15) is 154 Å². The Labute approximate surface area is 297 Å². The Morgan fingerprint density at radius 1 is 0.625 bits per heavy atom. The van der Waals surface area contributed by atoms with Gasteiger partial charge >= 0.3 is 0 Å². The molecule has 1 fully saturated rings. The smallest absolute Gasteiger partial charge is 0.224 e. The Bertz CT molecular complexity index is 1010. The van der Waals surface area contributed by atoms with Gasteiger partial charge in [-0.25, -0.2) is 0 Å². The normalized spacial score (nSPS) is 15.6. The first-order chi connectivity index (χ1) is 21.7. The zero-order valence-corrected chi connectivity index (χ0v) is 33.7. The van der Waals surface area contributed by atoms with Gasteiger partial charge in [0.25, 0.3) is 0 Å². The summed E-state index contributed by atoms with van der Waals surface area (Å²) < 4.78 is 0. The van der Waals surface area contributed by atoms with Crippen LogP contribution in [0.2, 0.25) is 0 Å². The lowest BCUT2D eigenvalue weighted by Gasteiger charge is -2.28. The van der Waals surface area contributed by atoms with Crippen molar-refractivity contribution in [3.05, 3.63) is 50.1 Å². The van der Waals surface area contributed by atoms with Crippen molar-refractivity contribution in [3.63, 3.8) is 0 Å². The molecule has 0 spiro atoms. The zero-order chi connectivity index (χ0) is 37.9. The molecule has 1 aliphatic rings. The van der Waals surface area contributed by atoms with E-state index in [0.717, 1.165) is 43.6 Å². The van der Waals surface area contributed by atoms with E-state index in [1.165, 1.54) is 25.7 Å². The summed E-state index contributed by atoms with van der Waals surface area (Å²) in [4.78, 5) is 36.1. The minimum atomic E-state index is -0.175. The number of amides is 3. The van der Waals surface area contributed by atoms with Crippen molar-refractivity contribution in [1.29, 1.82) is 0 Å². The molecule has 3 unspecified atom stereocenters. The number of rotatable bonds is 14. The molecule has 48 heavy (non-hydrogen) atoms. The van der Waals surface area contributed by atoms with Crippen LogP contribution < -0.4 is 16.0 Å². The van der Waals surface area contributed by atoms with Gasteiger partial charge in [0.1, 0.15) is 0 Å². The van der Waals surface area contributed by atoms with E-state index < -0.39 is 0 Å². The van der Waals surface area contributed by atoms with Gasteiger partial charge in [0.2, 0.25) is 17.7 Å². The predicted octanol–water partition coefficient (Wildman–Crippen LogP) is 10.3. The number of hydrogen-bond donors (Lipinski definition) is 3. The van der Waals surface area contributed by atoms with Crippen molar-refractivity contribution in [2.45, 2.75) is 171 Å². The van der Waals surface area contributed by atoms with E-state index in [9.17, 15) is 14.4 Å². The van der Waals surface area contributed by atoms with Crippen molar-refractivity contribution < 1.29 is 14.4 Å². The molecule has 1 rings (SSSR count). The second-order valence-electron chi connectivity index (χ2n) is 18.2. The van der Waals surface area contributed by atoms with Gasteiger partial charge in [-0.05, 0) is 119 Å². The summed E-state index contributed by atoms with van der Waals surface area (Å²) in [5.74, 6) is 1.31. The van der Waals surface area contributed by atoms with Crippen LogP contribution in [-0.4, -0.2) is 34.3 Å². The fourth-order valence-corrected chi connectivity index (χ4v) is 5.70. The van der Waals surface area contributed by atoms with E-state index in [4.69, 9.17) is 0 Å². The fourth-order valence-electron chi connectivity index (χ4n) is 5.70. The van der Waals surface area contributed by atoms with Crippen LogP contribution in [0.15, 0.2) is 50.1 Å². The fraction of sp³-hybridized carbons (Fsp3) is 0.738. The number of hydrogen-bond acceptors (Lipinski definition) is 3. The van der Waals surface area contributed by atoms with Gasteiger partial charge in [-0.3, -0.25) is 14.4 Å². The summed E-state index contributed by atoms with van der Waals surface area (Å²) in [7, 11) is 0. The average molecular weight is 672 g/mol. The van der Waals surface area contributed by atoms with Crippen molar-refractivity contribution >= 4 is 17.7 Å². The predicted molar refractivity (Wildman–Crippen MR) is 209 cm³/mol. The van der Waals surface area contributed by atoms with Crippen molar-refractivity contribution in [1.82, 2.24) is 16.0 Å². The van der Waals surface area contributed by atoms with Gasteiger partial charge in [0.15, 0.2) is 0 Å². The molecule has 6 heteroatoms. The van der Waals surface area contributed by atoms with Crippen LogP contribution in [-0.2, 0) is 14.4 Å². The van der Waals surface area contributed by atoms with E-state index in [2.05, 4.69) is 63.0 Å². The summed E-state index contributed by atoms with van der Waals surface area (Å²) >= 11 is 0. The first kappa shape index (κ1) is 47.5. The van der Waals surface area contributed by atoms with Crippen molar-refractivity contribution in [2.24, 2.45) is 29.1 Å². The second-order valence-corrected chi connectivity index (χ2v) is 18.2. The van der Waals surface area contributed by atoms with E-state index >= 15 is 0 Å². The summed E-state index contributed by atoms with van der Waals surface area (Å²) in [5, 5.41) is 9.11. The molecule has 1 saturated carbocycles. The maximum Gasteiger partial charge on any atom is 0.224 e. The van der Waals surface area contributed by atoms with Gasteiger partial charge in [0, 0.05) is 34.4 Å². The molecule has 278 valence electrons. The highest BCUT2D eigenvalue weighted by Gasteiger charge is 2.28. The molecule has 0 bridgehead atoms. The van der Waals surface area contributed by atoms with E-state index in [0.29, 0.717) is 6.42 Å². The molecule has 0 aromatic heterocycles. The number of nitrogens with one attached hydrogen (secondary N) is 3. The van der Waals surface area contributed by atoms with Crippen LogP contribution in [0.3, 0.4) is 0 Å². The van der Waals surface area contributed by atoms with Gasteiger partial charge in [-0.15, -0.1) is 26.3 Å². The summed E-state index contributed by atoms with van der Waals surface area (Å²) in [6.07, 6.45) is 15.7. The van der Waals surface area contributed by atoms with Gasteiger partial charge in [-0.2, -0.15) is 0 Å². The van der Waals surface area contributed by atoms with Crippen molar-refractivity contribution in [3.8, 4) is 0 Å². The second kappa shape index (κ2) is 22.2. The first-order valence-corrected chi connectivity index (χ1v) is 18.2. The SMILES string of the molecule is C=CCC(CC(=C)C)C(=O)NC(C)(C)C.C=CCC(CC(C)(C)C)C(=O)NC(C)(C)C.C=CCC(CC1CCCC1)C(=O)NC(C)(C)C. The third-order valence-corrected chi connectivity index (χ3v) is 7.51. The molecule has 0 saturated heterocycles. The van der Waals surface area contributed by atoms with Gasteiger partial charge in [-0.1, -0.05) is 70.3 Å². The maximum absolute atomic E-state index is 12.2. The molecule has 6 nitrogen and oxygen atoms in total. The van der Waals surface area contributed by atoms with Crippen molar-refractivity contribution in [2.75, 3.05) is 0 Å². The van der Waals surface area contributed by atoms with Gasteiger partial charge in [0.05, 0.1) is 0 Å². The largest absolute Gasteiger partial charge is 0.351 e. The Balaban J connectivity index is 0. The first-order valence-electron chi connectivity index (χ1n) is 18.2. The molecule has 3 N–H and O–H groups in total. The molecule has 0 radical (unpaired) electrons. The zero-order valence-electron chi connectivity index (χ0n) is 33.7. The van der Waals surface area contributed by atoms with Crippen LogP contribution in [0.4, 0.5) is 0 Å². The molecule has 0 aromatic carbocycles. The minimum absolute atomic E-state index is 0.0285. The molecule has 3 atom stereocenters. The summed E-state index contributed by atoms with van der Waals surface area (Å²) in [6.45, 7) is 41.5. The monoisotopic (exact) mass is 672 g/mol. The number of carbonyl (C=O) groups excluding carboxylic acids is 3. The molecule has 3 amide bonds. The average Bonchev–Trinajstić information content (AvgIpc) is 3.38. The van der Waals surface area contributed by atoms with E-state index in [1.54, 1.807) is 6.08 Å². The Morgan fingerprint density at radius 3 is 1.29 bits per heavy atom. The van der Waals surface area contributed by atoms with Crippen LogP contribution in [0.5, 0.6) is 0 Å². The van der Waals surface area contributed by atoms with Crippen LogP contribution in [0.25, 0.3) is 0 Å². The molecule has 0 heterocycles. The molecule has 0 aliphatic heterocycles. The lowest BCUT2D eigenvalue weighted by Crippen LogP contribution is -2.44. The molecule has 1 aliphatic carbocycles. The highest BCUT2D eigenvalue weighted by atomic mass is 16.2. The van der Waals surface area contributed by atoms with E-state index in [-0.39, 0.29) is 57.5 Å². The topological polar surface area (TPSA) is 87.3 Å². The lowest BCUT2D eigenvalue weighted by molar-refractivity contribution is -0.128. The van der Waals surface area contributed by atoms with Crippen LogP contribution in [0, 0.1) is 29.1 Å². The van der Waals surface area contributed by atoms with Gasteiger partial charge < -0.3 is 16.0 Å². The third-order valence-electron chi connectivity index (χ3n) is 7.51. The number of carbonyl (C=O) groups is 3. The molecule has 0 aromatic rings. The highest BCUT2D eigenvalue weighted by molar-refractivity contribution is 5.80. The van der Waals surface area contributed by atoms with Crippen LogP contribution >= 0.6 is 0 Å². The van der Waals surface area contributed by atoms with E-state index in [1.807, 2.05) is 81.4 Å². The minimum Gasteiger partial charge on any atom is -0.351 e.